The minimum Gasteiger partial charge on any atom is -0.466 e. The number of esters is 1. The van der Waals surface area contributed by atoms with Crippen LogP contribution >= 0.6 is 0 Å². The molecular formula is C12H20O3. The quantitative estimate of drug-likeness (QED) is 0.502. The summed E-state index contributed by atoms with van der Waals surface area (Å²) in [4.78, 5) is 21.5. The minimum atomic E-state index is -0.198. The Morgan fingerprint density at radius 3 is 2.80 bits per heavy atom. The molecule has 0 aromatic rings. The minimum absolute atomic E-state index is 0.198. The molecule has 0 saturated heterocycles. The molecule has 1 aliphatic rings. The van der Waals surface area contributed by atoms with E-state index in [1.165, 1.54) is 6.92 Å². The molecule has 1 aliphatic carbocycles. The molecule has 1 atom stereocenters. The summed E-state index contributed by atoms with van der Waals surface area (Å²) in [6, 6.07) is 0. The summed E-state index contributed by atoms with van der Waals surface area (Å²) in [5.74, 6) is 0.863. The van der Waals surface area contributed by atoms with Gasteiger partial charge in [0.2, 0.25) is 0 Å². The molecule has 0 aromatic heterocycles. The summed E-state index contributed by atoms with van der Waals surface area (Å²) in [6.07, 6.45) is 7.02. The van der Waals surface area contributed by atoms with Gasteiger partial charge in [0, 0.05) is 19.8 Å². The van der Waals surface area contributed by atoms with Crippen LogP contribution in [-0.2, 0) is 14.3 Å². The van der Waals surface area contributed by atoms with Crippen LogP contribution in [0.1, 0.15) is 51.9 Å². The molecule has 0 aliphatic heterocycles. The van der Waals surface area contributed by atoms with Crippen LogP contribution < -0.4 is 0 Å². The molecule has 0 amide bonds. The SMILES string of the molecule is CC(=O)OCCCCCC1CCC(=O)C1. The fourth-order valence-electron chi connectivity index (χ4n) is 2.07. The monoisotopic (exact) mass is 212 g/mol. The van der Waals surface area contributed by atoms with Crippen molar-refractivity contribution in [3.8, 4) is 0 Å². The Kier molecular flexibility index (Phi) is 5.37. The summed E-state index contributed by atoms with van der Waals surface area (Å²) in [7, 11) is 0. The van der Waals surface area contributed by atoms with Crippen LogP contribution in [0.5, 0.6) is 0 Å². The van der Waals surface area contributed by atoms with E-state index in [0.717, 1.165) is 44.9 Å². The molecule has 0 aromatic carbocycles. The van der Waals surface area contributed by atoms with Crippen molar-refractivity contribution in [3.63, 3.8) is 0 Å². The normalized spacial score (nSPS) is 20.6. The van der Waals surface area contributed by atoms with Gasteiger partial charge in [-0.25, -0.2) is 0 Å². The molecule has 0 N–H and O–H groups in total. The van der Waals surface area contributed by atoms with Gasteiger partial charge in [0.05, 0.1) is 6.61 Å². The Morgan fingerprint density at radius 2 is 2.20 bits per heavy atom. The molecule has 3 nitrogen and oxygen atoms in total. The molecule has 1 fully saturated rings. The van der Waals surface area contributed by atoms with Gasteiger partial charge >= 0.3 is 5.97 Å². The summed E-state index contributed by atoms with van der Waals surface area (Å²) in [6.45, 7) is 1.98. The van der Waals surface area contributed by atoms with E-state index in [9.17, 15) is 9.59 Å². The smallest absolute Gasteiger partial charge is 0.302 e. The van der Waals surface area contributed by atoms with E-state index < -0.39 is 0 Å². The van der Waals surface area contributed by atoms with E-state index in [1.54, 1.807) is 0 Å². The van der Waals surface area contributed by atoms with E-state index in [0.29, 0.717) is 18.3 Å². The molecule has 0 heterocycles. The first kappa shape index (κ1) is 12.2. The molecule has 15 heavy (non-hydrogen) atoms. The highest BCUT2D eigenvalue weighted by Crippen LogP contribution is 2.26. The standard InChI is InChI=1S/C12H20O3/c1-10(13)15-8-4-2-3-5-11-6-7-12(14)9-11/h11H,2-9H2,1H3. The second kappa shape index (κ2) is 6.59. The maximum atomic E-state index is 11.0. The summed E-state index contributed by atoms with van der Waals surface area (Å²) >= 11 is 0. The molecule has 0 radical (unpaired) electrons. The molecule has 3 heteroatoms. The van der Waals surface area contributed by atoms with Crippen molar-refractivity contribution in [3.05, 3.63) is 0 Å². The number of rotatable bonds is 6. The average Bonchev–Trinajstić information content (AvgIpc) is 2.57. The van der Waals surface area contributed by atoms with Crippen LogP contribution in [0.4, 0.5) is 0 Å². The lowest BCUT2D eigenvalue weighted by atomic mass is 10.00. The van der Waals surface area contributed by atoms with Crippen molar-refractivity contribution in [2.45, 2.75) is 51.9 Å². The number of unbranched alkanes of at least 4 members (excludes halogenated alkanes) is 2. The van der Waals surface area contributed by atoms with Crippen molar-refractivity contribution in [1.29, 1.82) is 0 Å². The number of carbonyl (C=O) groups is 2. The molecular weight excluding hydrogens is 192 g/mol. The molecule has 1 rings (SSSR count). The summed E-state index contributed by atoms with van der Waals surface area (Å²) < 4.78 is 4.84. The maximum Gasteiger partial charge on any atom is 0.302 e. The first-order valence-electron chi connectivity index (χ1n) is 5.83. The van der Waals surface area contributed by atoms with E-state index in [4.69, 9.17) is 4.74 Å². The Labute approximate surface area is 91.2 Å². The van der Waals surface area contributed by atoms with E-state index in [-0.39, 0.29) is 5.97 Å². The molecule has 1 saturated carbocycles. The van der Waals surface area contributed by atoms with Crippen molar-refractivity contribution in [2.75, 3.05) is 6.61 Å². The molecule has 1 unspecified atom stereocenters. The second-order valence-electron chi connectivity index (χ2n) is 4.34. The Hall–Kier alpha value is -0.860. The summed E-state index contributed by atoms with van der Waals surface area (Å²) in [5, 5.41) is 0. The van der Waals surface area contributed by atoms with Gasteiger partial charge in [-0.15, -0.1) is 0 Å². The zero-order valence-corrected chi connectivity index (χ0v) is 9.46. The third kappa shape index (κ3) is 5.55. The van der Waals surface area contributed by atoms with Crippen molar-refractivity contribution >= 4 is 11.8 Å². The van der Waals surface area contributed by atoms with Gasteiger partial charge in [-0.3, -0.25) is 9.59 Å². The Morgan fingerprint density at radius 1 is 1.40 bits per heavy atom. The second-order valence-corrected chi connectivity index (χ2v) is 4.34. The van der Waals surface area contributed by atoms with Crippen LogP contribution in [0.15, 0.2) is 0 Å². The van der Waals surface area contributed by atoms with Crippen LogP contribution in [0.25, 0.3) is 0 Å². The van der Waals surface area contributed by atoms with Gasteiger partial charge in [0.1, 0.15) is 5.78 Å². The maximum absolute atomic E-state index is 11.0. The largest absolute Gasteiger partial charge is 0.466 e. The van der Waals surface area contributed by atoms with E-state index in [2.05, 4.69) is 0 Å². The van der Waals surface area contributed by atoms with Crippen LogP contribution in [0, 0.1) is 5.92 Å². The number of hydrogen-bond donors (Lipinski definition) is 0. The average molecular weight is 212 g/mol. The van der Waals surface area contributed by atoms with Gasteiger partial charge in [0.25, 0.3) is 0 Å². The Bertz CT molecular complexity index is 223. The van der Waals surface area contributed by atoms with Crippen LogP contribution in [-0.4, -0.2) is 18.4 Å². The van der Waals surface area contributed by atoms with Gasteiger partial charge in [0.15, 0.2) is 0 Å². The predicted molar refractivity (Wildman–Crippen MR) is 57.4 cm³/mol. The first-order chi connectivity index (χ1) is 7.18. The summed E-state index contributed by atoms with van der Waals surface area (Å²) in [5.41, 5.74) is 0. The van der Waals surface area contributed by atoms with Crippen molar-refractivity contribution < 1.29 is 14.3 Å². The molecule has 0 bridgehead atoms. The highest BCUT2D eigenvalue weighted by atomic mass is 16.5. The van der Waals surface area contributed by atoms with Crippen molar-refractivity contribution in [2.24, 2.45) is 5.92 Å². The van der Waals surface area contributed by atoms with Gasteiger partial charge < -0.3 is 4.74 Å². The molecule has 86 valence electrons. The van der Waals surface area contributed by atoms with Gasteiger partial charge in [-0.2, -0.15) is 0 Å². The van der Waals surface area contributed by atoms with E-state index >= 15 is 0 Å². The third-order valence-electron chi connectivity index (χ3n) is 2.91. The fourth-order valence-corrected chi connectivity index (χ4v) is 2.07. The highest BCUT2D eigenvalue weighted by Gasteiger charge is 2.20. The number of Topliss-reactive ketones (excluding diaryl/α,β-unsaturated/α-hetero) is 1. The number of ether oxygens (including phenoxy) is 1. The van der Waals surface area contributed by atoms with Crippen molar-refractivity contribution in [1.82, 2.24) is 0 Å². The van der Waals surface area contributed by atoms with E-state index in [1.807, 2.05) is 0 Å². The lowest BCUT2D eigenvalue weighted by molar-refractivity contribution is -0.141. The lowest BCUT2D eigenvalue weighted by Crippen LogP contribution is -2.01. The number of hydrogen-bond acceptors (Lipinski definition) is 3. The van der Waals surface area contributed by atoms with Crippen LogP contribution in [0.3, 0.4) is 0 Å². The first-order valence-corrected chi connectivity index (χ1v) is 5.83. The zero-order valence-electron chi connectivity index (χ0n) is 9.46. The molecule has 0 spiro atoms. The predicted octanol–water partition coefficient (Wildman–Crippen LogP) is 2.48. The third-order valence-corrected chi connectivity index (χ3v) is 2.91. The number of carbonyl (C=O) groups excluding carboxylic acids is 2. The van der Waals surface area contributed by atoms with Gasteiger partial charge in [-0.05, 0) is 18.8 Å². The topological polar surface area (TPSA) is 43.4 Å². The zero-order chi connectivity index (χ0) is 11.1. The Balaban J connectivity index is 1.89. The van der Waals surface area contributed by atoms with Gasteiger partial charge in [-0.1, -0.05) is 19.3 Å². The fraction of sp³-hybridized carbons (Fsp3) is 0.833. The highest BCUT2D eigenvalue weighted by molar-refractivity contribution is 5.80. The van der Waals surface area contributed by atoms with Crippen LogP contribution in [0.2, 0.25) is 0 Å². The number of ketones is 1. The lowest BCUT2D eigenvalue weighted by Gasteiger charge is -2.07.